The molecule has 0 unspecified atom stereocenters. The molecule has 7 heteroatoms. The molecular formula is C19H14BrN3O2S. The minimum Gasteiger partial charge on any atom is -0.244 e. The van der Waals surface area contributed by atoms with Gasteiger partial charge in [0.05, 0.1) is 10.4 Å². The standard InChI is InChI=1S/C19H14BrN3O2S/c1-13-2-5-16(6-3-13)26(24,25)23-11-18(14-9-21-12-22-10-14)17-8-15(20)4-7-19(17)23/h2-12H,1H3. The van der Waals surface area contributed by atoms with Crippen molar-refractivity contribution in [1.82, 2.24) is 13.9 Å². The Morgan fingerprint density at radius 1 is 1.00 bits per heavy atom. The number of aromatic nitrogens is 3. The van der Waals surface area contributed by atoms with Crippen molar-refractivity contribution < 1.29 is 8.42 Å². The molecule has 0 atom stereocenters. The van der Waals surface area contributed by atoms with E-state index in [2.05, 4.69) is 25.9 Å². The fraction of sp³-hybridized carbons (Fsp3) is 0.0526. The predicted molar refractivity (Wildman–Crippen MR) is 104 cm³/mol. The van der Waals surface area contributed by atoms with Gasteiger partial charge in [0.15, 0.2) is 0 Å². The van der Waals surface area contributed by atoms with Gasteiger partial charge in [-0.15, -0.1) is 0 Å². The molecule has 5 nitrogen and oxygen atoms in total. The van der Waals surface area contributed by atoms with E-state index >= 15 is 0 Å². The Morgan fingerprint density at radius 2 is 1.69 bits per heavy atom. The van der Waals surface area contributed by atoms with E-state index in [0.29, 0.717) is 5.52 Å². The summed E-state index contributed by atoms with van der Waals surface area (Å²) in [6.45, 7) is 1.92. The van der Waals surface area contributed by atoms with E-state index in [9.17, 15) is 8.42 Å². The molecule has 2 aromatic heterocycles. The Balaban J connectivity index is 2.01. The van der Waals surface area contributed by atoms with E-state index in [0.717, 1.165) is 26.5 Å². The summed E-state index contributed by atoms with van der Waals surface area (Å²) in [5.41, 5.74) is 3.13. The van der Waals surface area contributed by atoms with Crippen LogP contribution in [0.2, 0.25) is 0 Å². The zero-order valence-electron chi connectivity index (χ0n) is 13.8. The second-order valence-corrected chi connectivity index (χ2v) is 8.68. The van der Waals surface area contributed by atoms with E-state index < -0.39 is 10.0 Å². The van der Waals surface area contributed by atoms with Crippen LogP contribution in [-0.4, -0.2) is 22.4 Å². The summed E-state index contributed by atoms with van der Waals surface area (Å²) in [6, 6.07) is 12.4. The number of aryl methyl sites for hydroxylation is 1. The number of hydrogen-bond donors (Lipinski definition) is 0. The molecule has 26 heavy (non-hydrogen) atoms. The van der Waals surface area contributed by atoms with Gasteiger partial charge in [0.1, 0.15) is 6.33 Å². The van der Waals surface area contributed by atoms with Gasteiger partial charge in [-0.1, -0.05) is 33.6 Å². The smallest absolute Gasteiger partial charge is 0.244 e. The first-order valence-corrected chi connectivity index (χ1v) is 10.1. The number of benzene rings is 2. The lowest BCUT2D eigenvalue weighted by atomic mass is 10.1. The summed E-state index contributed by atoms with van der Waals surface area (Å²) < 4.78 is 28.6. The SMILES string of the molecule is Cc1ccc(S(=O)(=O)n2cc(-c3cncnc3)c3cc(Br)ccc32)cc1. The minimum absolute atomic E-state index is 0.249. The summed E-state index contributed by atoms with van der Waals surface area (Å²) in [5, 5.41) is 0.810. The summed E-state index contributed by atoms with van der Waals surface area (Å²) in [7, 11) is -3.72. The maximum atomic E-state index is 13.2. The largest absolute Gasteiger partial charge is 0.268 e. The van der Waals surface area contributed by atoms with Crippen molar-refractivity contribution in [2.24, 2.45) is 0 Å². The lowest BCUT2D eigenvalue weighted by Gasteiger charge is -2.08. The zero-order valence-corrected chi connectivity index (χ0v) is 16.2. The minimum atomic E-state index is -3.72. The van der Waals surface area contributed by atoms with Crippen LogP contribution in [-0.2, 0) is 10.0 Å². The van der Waals surface area contributed by atoms with E-state index in [1.165, 1.54) is 10.3 Å². The maximum Gasteiger partial charge on any atom is 0.268 e. The van der Waals surface area contributed by atoms with Crippen molar-refractivity contribution >= 4 is 36.9 Å². The first-order chi connectivity index (χ1) is 12.5. The number of rotatable bonds is 3. The summed E-state index contributed by atoms with van der Waals surface area (Å²) in [6.07, 6.45) is 6.42. The molecule has 4 rings (SSSR count). The normalized spacial score (nSPS) is 11.8. The third kappa shape index (κ3) is 2.83. The summed E-state index contributed by atoms with van der Waals surface area (Å²) in [4.78, 5) is 8.34. The van der Waals surface area contributed by atoms with E-state index in [1.807, 2.05) is 19.1 Å². The van der Waals surface area contributed by atoms with Gasteiger partial charge in [-0.3, -0.25) is 0 Å². The van der Waals surface area contributed by atoms with Gasteiger partial charge in [-0.25, -0.2) is 22.4 Å². The van der Waals surface area contributed by atoms with Crippen LogP contribution in [0.5, 0.6) is 0 Å². The number of fused-ring (bicyclic) bond motifs is 1. The van der Waals surface area contributed by atoms with Gasteiger partial charge in [0.2, 0.25) is 0 Å². The predicted octanol–water partition coefficient (Wildman–Crippen LogP) is 4.41. The van der Waals surface area contributed by atoms with E-state index in [-0.39, 0.29) is 4.90 Å². The highest BCUT2D eigenvalue weighted by molar-refractivity contribution is 9.10. The lowest BCUT2D eigenvalue weighted by molar-refractivity contribution is 0.589. The highest BCUT2D eigenvalue weighted by Gasteiger charge is 2.22. The molecule has 0 saturated heterocycles. The monoisotopic (exact) mass is 427 g/mol. The Hall–Kier alpha value is -2.51. The molecule has 2 heterocycles. The molecule has 0 aliphatic rings. The van der Waals surface area contributed by atoms with Gasteiger partial charge >= 0.3 is 0 Å². The highest BCUT2D eigenvalue weighted by atomic mass is 79.9. The molecule has 0 spiro atoms. The first-order valence-electron chi connectivity index (χ1n) is 7.85. The van der Waals surface area contributed by atoms with Gasteiger partial charge in [0, 0.05) is 39.6 Å². The van der Waals surface area contributed by atoms with Crippen LogP contribution in [0.4, 0.5) is 0 Å². The summed E-state index contributed by atoms with van der Waals surface area (Å²) in [5.74, 6) is 0. The average Bonchev–Trinajstić information content (AvgIpc) is 3.02. The van der Waals surface area contributed by atoms with Crippen molar-refractivity contribution in [1.29, 1.82) is 0 Å². The third-order valence-corrected chi connectivity index (χ3v) is 6.36. The van der Waals surface area contributed by atoms with Crippen LogP contribution < -0.4 is 0 Å². The van der Waals surface area contributed by atoms with Crippen LogP contribution >= 0.6 is 15.9 Å². The Morgan fingerprint density at radius 3 is 2.38 bits per heavy atom. The molecule has 0 radical (unpaired) electrons. The molecular weight excluding hydrogens is 414 g/mol. The highest BCUT2D eigenvalue weighted by Crippen LogP contribution is 2.34. The molecule has 0 N–H and O–H groups in total. The molecule has 0 amide bonds. The maximum absolute atomic E-state index is 13.2. The molecule has 0 aliphatic carbocycles. The van der Waals surface area contributed by atoms with Crippen molar-refractivity contribution in [2.75, 3.05) is 0 Å². The van der Waals surface area contributed by atoms with Gasteiger partial charge in [-0.05, 0) is 37.3 Å². The van der Waals surface area contributed by atoms with Crippen molar-refractivity contribution in [3.05, 3.63) is 77.4 Å². The van der Waals surface area contributed by atoms with Crippen LogP contribution in [0.15, 0.2) is 76.8 Å². The second-order valence-electron chi connectivity index (χ2n) is 5.95. The average molecular weight is 428 g/mol. The second kappa shape index (κ2) is 6.34. The van der Waals surface area contributed by atoms with Gasteiger partial charge < -0.3 is 0 Å². The van der Waals surface area contributed by atoms with Crippen molar-refractivity contribution in [2.45, 2.75) is 11.8 Å². The number of nitrogens with zero attached hydrogens (tertiary/aromatic N) is 3. The Bertz CT molecular complexity index is 1200. The first kappa shape index (κ1) is 16.9. The molecule has 4 aromatic rings. The fourth-order valence-electron chi connectivity index (χ4n) is 2.86. The Kier molecular flexibility index (Phi) is 4.13. The Labute approximate surface area is 159 Å². The van der Waals surface area contributed by atoms with Crippen LogP contribution in [0.1, 0.15) is 5.56 Å². The topological polar surface area (TPSA) is 64.8 Å². The summed E-state index contributed by atoms with van der Waals surface area (Å²) >= 11 is 3.46. The lowest BCUT2D eigenvalue weighted by Crippen LogP contribution is -2.11. The number of halogens is 1. The molecule has 0 saturated carbocycles. The number of hydrogen-bond acceptors (Lipinski definition) is 4. The van der Waals surface area contributed by atoms with Crippen LogP contribution in [0.3, 0.4) is 0 Å². The van der Waals surface area contributed by atoms with Crippen LogP contribution in [0.25, 0.3) is 22.0 Å². The molecule has 0 aliphatic heterocycles. The van der Waals surface area contributed by atoms with Crippen LogP contribution in [0, 0.1) is 6.92 Å². The molecule has 0 bridgehead atoms. The van der Waals surface area contributed by atoms with Crippen molar-refractivity contribution in [3.63, 3.8) is 0 Å². The van der Waals surface area contributed by atoms with Crippen molar-refractivity contribution in [3.8, 4) is 11.1 Å². The third-order valence-electron chi connectivity index (χ3n) is 4.18. The van der Waals surface area contributed by atoms with Gasteiger partial charge in [-0.2, -0.15) is 0 Å². The van der Waals surface area contributed by atoms with Gasteiger partial charge in [0.25, 0.3) is 10.0 Å². The molecule has 2 aromatic carbocycles. The molecule has 0 fully saturated rings. The zero-order chi connectivity index (χ0) is 18.3. The fourth-order valence-corrected chi connectivity index (χ4v) is 4.59. The van der Waals surface area contributed by atoms with E-state index in [1.54, 1.807) is 48.9 Å². The van der Waals surface area contributed by atoms with E-state index in [4.69, 9.17) is 0 Å². The molecule has 130 valence electrons. The quantitative estimate of drug-likeness (QED) is 0.485.